The van der Waals surface area contributed by atoms with Crippen molar-refractivity contribution in [1.29, 1.82) is 0 Å². The van der Waals surface area contributed by atoms with Crippen LogP contribution in [0.1, 0.15) is 42.2 Å². The Kier molecular flexibility index (Phi) is 8.51. The van der Waals surface area contributed by atoms with Gasteiger partial charge in [-0.05, 0) is 67.2 Å². The third kappa shape index (κ3) is 6.71. The van der Waals surface area contributed by atoms with Gasteiger partial charge in [-0.15, -0.1) is 0 Å². The van der Waals surface area contributed by atoms with Crippen LogP contribution >= 0.6 is 23.8 Å². The van der Waals surface area contributed by atoms with E-state index in [-0.39, 0.29) is 10.8 Å². The first kappa shape index (κ1) is 25.5. The largest absolute Gasteiger partial charge is 0.494 e. The van der Waals surface area contributed by atoms with Gasteiger partial charge in [0.1, 0.15) is 5.75 Å². The van der Waals surface area contributed by atoms with E-state index in [2.05, 4.69) is 22.7 Å². The van der Waals surface area contributed by atoms with Gasteiger partial charge in [-0.2, -0.15) is 18.3 Å². The van der Waals surface area contributed by atoms with Crippen LogP contribution in [-0.2, 0) is 6.18 Å². The molecule has 34 heavy (non-hydrogen) atoms. The molecule has 0 atom stereocenters. The molecule has 2 aromatic carbocycles. The molecular weight excluding hydrogens is 489 g/mol. The van der Waals surface area contributed by atoms with Crippen LogP contribution in [0.4, 0.5) is 18.9 Å². The van der Waals surface area contributed by atoms with Crippen molar-refractivity contribution in [3.8, 4) is 11.4 Å². The second-order valence-electron chi connectivity index (χ2n) is 7.28. The van der Waals surface area contributed by atoms with Crippen LogP contribution in [0.3, 0.4) is 0 Å². The third-order valence-corrected chi connectivity index (χ3v) is 5.17. The number of hydrogen-bond donors (Lipinski definition) is 2. The Morgan fingerprint density at radius 3 is 2.41 bits per heavy atom. The number of anilines is 1. The average molecular weight is 511 g/mol. The molecule has 3 aromatic rings. The van der Waals surface area contributed by atoms with Crippen molar-refractivity contribution in [1.82, 2.24) is 15.1 Å². The Morgan fingerprint density at radius 2 is 1.79 bits per heavy atom. The molecule has 0 aliphatic heterocycles. The fourth-order valence-electron chi connectivity index (χ4n) is 3.07. The summed E-state index contributed by atoms with van der Waals surface area (Å²) in [5.41, 5.74) is -1.24. The second kappa shape index (κ2) is 11.3. The number of carbonyl (C=O) groups is 1. The van der Waals surface area contributed by atoms with Crippen molar-refractivity contribution in [3.05, 3.63) is 71.0 Å². The first-order valence-electron chi connectivity index (χ1n) is 10.5. The maximum absolute atomic E-state index is 13.8. The van der Waals surface area contributed by atoms with Gasteiger partial charge >= 0.3 is 6.18 Å². The molecule has 1 aromatic heterocycles. The number of unbranched alkanes of at least 4 members (excludes halogenated alkanes) is 2. The molecule has 0 bridgehead atoms. The number of halogens is 4. The van der Waals surface area contributed by atoms with Gasteiger partial charge in [0.05, 0.1) is 24.1 Å². The van der Waals surface area contributed by atoms with Gasteiger partial charge in [0, 0.05) is 10.7 Å². The number of hydrogen-bond acceptors (Lipinski definition) is 4. The van der Waals surface area contributed by atoms with E-state index in [4.69, 9.17) is 28.6 Å². The highest BCUT2D eigenvalue weighted by Crippen LogP contribution is 2.34. The summed E-state index contributed by atoms with van der Waals surface area (Å²) >= 11 is 10.9. The van der Waals surface area contributed by atoms with E-state index in [1.807, 2.05) is 0 Å². The summed E-state index contributed by atoms with van der Waals surface area (Å²) in [5.74, 6) is -0.359. The van der Waals surface area contributed by atoms with Crippen molar-refractivity contribution < 1.29 is 22.7 Å². The molecule has 1 heterocycles. The van der Waals surface area contributed by atoms with Crippen LogP contribution in [0.15, 0.2) is 54.7 Å². The van der Waals surface area contributed by atoms with Crippen LogP contribution in [0.5, 0.6) is 5.75 Å². The summed E-state index contributed by atoms with van der Waals surface area (Å²) in [4.78, 5) is 12.6. The molecule has 2 N–H and O–H groups in total. The van der Waals surface area contributed by atoms with Crippen LogP contribution < -0.4 is 15.4 Å². The Labute approximate surface area is 205 Å². The zero-order valence-electron chi connectivity index (χ0n) is 18.2. The van der Waals surface area contributed by atoms with Crippen molar-refractivity contribution in [3.63, 3.8) is 0 Å². The molecule has 180 valence electrons. The fraction of sp³-hybridized carbons (Fsp3) is 0.261. The maximum atomic E-state index is 13.8. The summed E-state index contributed by atoms with van der Waals surface area (Å²) in [6.45, 7) is 2.72. The number of aromatic nitrogens is 2. The normalized spacial score (nSPS) is 11.2. The summed E-state index contributed by atoms with van der Waals surface area (Å²) < 4.78 is 47.6. The second-order valence-corrected chi connectivity index (χ2v) is 8.13. The number of rotatable bonds is 8. The standard InChI is InChI=1S/C23H22ClF3N4O2S/c1-2-3-4-13-33-18-11-7-16(8-12-18)29-22(34)30-21(32)19-14-28-31(20(19)23(25,26)27)17-9-5-15(24)6-10-17/h5-12,14H,2-4,13H2,1H3,(H2,29,30,32,34). The Morgan fingerprint density at radius 1 is 1.12 bits per heavy atom. The molecule has 0 radical (unpaired) electrons. The number of benzene rings is 2. The van der Waals surface area contributed by atoms with Gasteiger partial charge in [-0.3, -0.25) is 10.1 Å². The highest BCUT2D eigenvalue weighted by Gasteiger charge is 2.40. The van der Waals surface area contributed by atoms with Gasteiger partial charge in [-0.25, -0.2) is 4.68 Å². The minimum Gasteiger partial charge on any atom is -0.494 e. The summed E-state index contributed by atoms with van der Waals surface area (Å²) in [6.07, 6.45) is -0.851. The van der Waals surface area contributed by atoms with Crippen LogP contribution in [0.2, 0.25) is 5.02 Å². The van der Waals surface area contributed by atoms with Crippen LogP contribution in [-0.4, -0.2) is 27.4 Å². The quantitative estimate of drug-likeness (QED) is 0.277. The first-order valence-corrected chi connectivity index (χ1v) is 11.2. The lowest BCUT2D eigenvalue weighted by Gasteiger charge is -2.14. The Bertz CT molecular complexity index is 1130. The van der Waals surface area contributed by atoms with E-state index < -0.39 is 23.3 Å². The average Bonchev–Trinajstić information content (AvgIpc) is 3.24. The van der Waals surface area contributed by atoms with E-state index >= 15 is 0 Å². The van der Waals surface area contributed by atoms with E-state index in [0.717, 1.165) is 25.5 Å². The molecule has 11 heteroatoms. The molecule has 0 fully saturated rings. The minimum atomic E-state index is -4.84. The monoisotopic (exact) mass is 510 g/mol. The number of thiocarbonyl (C=S) groups is 1. The van der Waals surface area contributed by atoms with E-state index in [1.54, 1.807) is 24.3 Å². The van der Waals surface area contributed by atoms with Crippen molar-refractivity contribution in [2.45, 2.75) is 32.4 Å². The molecule has 1 amide bonds. The molecule has 3 rings (SSSR count). The van der Waals surface area contributed by atoms with E-state index in [1.165, 1.54) is 24.3 Å². The van der Waals surface area contributed by atoms with Gasteiger partial charge in [0.2, 0.25) is 0 Å². The fourth-order valence-corrected chi connectivity index (χ4v) is 3.41. The number of nitrogens with zero attached hydrogens (tertiary/aromatic N) is 2. The van der Waals surface area contributed by atoms with E-state index in [9.17, 15) is 18.0 Å². The molecule has 0 aliphatic carbocycles. The number of carbonyl (C=O) groups excluding carboxylic acids is 1. The lowest BCUT2D eigenvalue weighted by molar-refractivity contribution is -0.143. The Hall–Kier alpha value is -3.11. The Balaban J connectivity index is 1.68. The summed E-state index contributed by atoms with van der Waals surface area (Å²) in [6, 6.07) is 12.4. The van der Waals surface area contributed by atoms with Gasteiger partial charge in [0.15, 0.2) is 10.8 Å². The summed E-state index contributed by atoms with van der Waals surface area (Å²) in [5, 5.41) is 8.99. The van der Waals surface area contributed by atoms with E-state index in [0.29, 0.717) is 27.7 Å². The molecule has 6 nitrogen and oxygen atoms in total. The predicted molar refractivity (Wildman–Crippen MR) is 129 cm³/mol. The summed E-state index contributed by atoms with van der Waals surface area (Å²) in [7, 11) is 0. The maximum Gasteiger partial charge on any atom is 0.434 e. The lowest BCUT2D eigenvalue weighted by Crippen LogP contribution is -2.35. The van der Waals surface area contributed by atoms with Crippen molar-refractivity contribution in [2.24, 2.45) is 0 Å². The predicted octanol–water partition coefficient (Wildman–Crippen LogP) is 6.24. The minimum absolute atomic E-state index is 0.105. The first-order chi connectivity index (χ1) is 16.2. The number of ether oxygens (including phenoxy) is 1. The van der Waals surface area contributed by atoms with Crippen molar-refractivity contribution in [2.75, 3.05) is 11.9 Å². The molecule has 0 unspecified atom stereocenters. The zero-order chi connectivity index (χ0) is 24.7. The molecule has 0 saturated heterocycles. The van der Waals surface area contributed by atoms with Gasteiger partial charge in [0.25, 0.3) is 5.91 Å². The topological polar surface area (TPSA) is 68.2 Å². The lowest BCUT2D eigenvalue weighted by atomic mass is 10.2. The van der Waals surface area contributed by atoms with Crippen LogP contribution in [0, 0.1) is 0 Å². The molecule has 0 saturated carbocycles. The molecule has 0 spiro atoms. The SMILES string of the molecule is CCCCCOc1ccc(NC(=S)NC(=O)c2cnn(-c3ccc(Cl)cc3)c2C(F)(F)F)cc1. The van der Waals surface area contributed by atoms with Gasteiger partial charge in [-0.1, -0.05) is 31.4 Å². The molecular formula is C23H22ClF3N4O2S. The zero-order valence-corrected chi connectivity index (χ0v) is 19.7. The van der Waals surface area contributed by atoms with Crippen molar-refractivity contribution >= 4 is 40.5 Å². The third-order valence-electron chi connectivity index (χ3n) is 4.71. The van der Waals surface area contributed by atoms with Crippen LogP contribution in [0.25, 0.3) is 5.69 Å². The smallest absolute Gasteiger partial charge is 0.434 e. The highest BCUT2D eigenvalue weighted by molar-refractivity contribution is 7.80. The van der Waals surface area contributed by atoms with Gasteiger partial charge < -0.3 is 10.1 Å². The molecule has 0 aliphatic rings. The highest BCUT2D eigenvalue weighted by atomic mass is 35.5. The number of alkyl halides is 3. The number of amides is 1. The number of nitrogens with one attached hydrogen (secondary N) is 2.